The lowest BCUT2D eigenvalue weighted by Gasteiger charge is -2.43. The van der Waals surface area contributed by atoms with Crippen LogP contribution in [0, 0.1) is 0 Å². The molecule has 2 atom stereocenters. The van der Waals surface area contributed by atoms with Crippen LogP contribution in [0.25, 0.3) is 0 Å². The highest BCUT2D eigenvalue weighted by atomic mass is 32.2. The van der Waals surface area contributed by atoms with E-state index in [-0.39, 0.29) is 26.6 Å². The zero-order chi connectivity index (χ0) is 20.4. The number of amides is 3. The fraction of sp³-hybridized carbons (Fsp3) is 0.364. The zero-order valence-electron chi connectivity index (χ0n) is 13.6. The number of oxime groups is 1. The topological polar surface area (TPSA) is 207 Å². The lowest BCUT2D eigenvalue weighted by Crippen LogP contribution is -2.73. The first-order valence-electron chi connectivity index (χ1n) is 6.92. The molecule has 3 amide bonds. The number of anilines is 1. The summed E-state index contributed by atoms with van der Waals surface area (Å²) in [5.41, 5.74) is 10.3. The van der Waals surface area contributed by atoms with Gasteiger partial charge in [-0.15, -0.1) is 11.3 Å². The van der Waals surface area contributed by atoms with Gasteiger partial charge in [-0.3, -0.25) is 18.9 Å². The molecule has 0 saturated carbocycles. The van der Waals surface area contributed by atoms with E-state index in [4.69, 9.17) is 16.0 Å². The highest BCUT2D eigenvalue weighted by Gasteiger charge is 2.54. The second kappa shape index (κ2) is 8.07. The largest absolute Gasteiger partial charge is 0.398 e. The molecule has 0 spiro atoms. The van der Waals surface area contributed by atoms with Crippen LogP contribution >= 0.6 is 23.1 Å². The lowest BCUT2D eigenvalue weighted by atomic mass is 10.0. The number of hydrogen-bond acceptors (Lipinski definition) is 11. The second-order valence-electron chi connectivity index (χ2n) is 4.95. The molecule has 0 unspecified atom stereocenters. The third kappa shape index (κ3) is 4.65. The normalized spacial score (nSPS) is 20.1. The molecule has 0 bridgehead atoms. The fourth-order valence-corrected chi connectivity index (χ4v) is 4.39. The Kier molecular flexibility index (Phi) is 6.24. The summed E-state index contributed by atoms with van der Waals surface area (Å²) in [7, 11) is -3.69. The maximum Gasteiger partial charge on any atom is 0.362 e. The summed E-state index contributed by atoms with van der Waals surface area (Å²) in [5.74, 6) is -2.26. The summed E-state index contributed by atoms with van der Waals surface area (Å²) in [6, 6.07) is -2.57. The number of carbonyl (C=O) groups excluding carboxylic acids is 3. The molecule has 1 aromatic rings. The van der Waals surface area contributed by atoms with Crippen molar-refractivity contribution in [3.05, 3.63) is 11.1 Å². The van der Waals surface area contributed by atoms with Crippen LogP contribution in [0.15, 0.2) is 10.5 Å². The van der Waals surface area contributed by atoms with Crippen molar-refractivity contribution in [3.8, 4) is 0 Å². The van der Waals surface area contributed by atoms with Crippen LogP contribution in [0.5, 0.6) is 0 Å². The Labute approximate surface area is 161 Å². The van der Waals surface area contributed by atoms with Crippen molar-refractivity contribution in [2.24, 2.45) is 10.9 Å². The Morgan fingerprint density at radius 2 is 2.22 bits per heavy atom. The SMILES string of the molecule is CO/N=C(\C(=O)N[C@@H]1C(=O)N(S(=O)(=O)O)[C@@H]1CSC(N)=O)c1csc(N)n1. The molecule has 2 rings (SSSR count). The molecule has 6 N–H and O–H groups in total. The summed E-state index contributed by atoms with van der Waals surface area (Å²) in [5, 5.41) is 6.58. The van der Waals surface area contributed by atoms with Crippen LogP contribution < -0.4 is 16.8 Å². The molecule has 1 saturated heterocycles. The van der Waals surface area contributed by atoms with Gasteiger partial charge in [0.25, 0.3) is 17.1 Å². The fourth-order valence-electron chi connectivity index (χ4n) is 2.19. The number of nitrogens with two attached hydrogens (primary N) is 2. The number of thioether (sulfide) groups is 1. The van der Waals surface area contributed by atoms with Gasteiger partial charge in [0.15, 0.2) is 10.8 Å². The molecule has 148 valence electrons. The summed E-state index contributed by atoms with van der Waals surface area (Å²) in [4.78, 5) is 43.9. The molecule has 27 heavy (non-hydrogen) atoms. The van der Waals surface area contributed by atoms with Crippen LogP contribution in [-0.4, -0.2) is 70.0 Å². The number of nitrogen functional groups attached to an aromatic ring is 1. The standard InChI is InChI=1S/C11H14N6O7S3/c1-24-16-6(4-2-25-10(12)14-4)8(18)15-7-5(3-26-11(13)20)17(9(7)19)27(21,22)23/h2,5,7H,3H2,1H3,(H2,12,14)(H2,13,20)(H,15,18)(H,21,22,23)/b16-6-/t5-,7+/m1/s1. The van der Waals surface area contributed by atoms with Crippen molar-refractivity contribution < 1.29 is 32.2 Å². The van der Waals surface area contributed by atoms with E-state index in [1.165, 1.54) is 12.5 Å². The quantitative estimate of drug-likeness (QED) is 0.166. The first kappa shape index (κ1) is 20.9. The number of primary amides is 1. The predicted molar refractivity (Wildman–Crippen MR) is 96.2 cm³/mol. The number of thiazole rings is 1. The average molecular weight is 438 g/mol. The monoisotopic (exact) mass is 438 g/mol. The number of hydrogen-bond donors (Lipinski definition) is 4. The molecule has 1 aliphatic heterocycles. The zero-order valence-corrected chi connectivity index (χ0v) is 16.0. The molecule has 1 aliphatic rings. The molecule has 0 aromatic carbocycles. The Bertz CT molecular complexity index is 898. The van der Waals surface area contributed by atoms with Gasteiger partial charge in [0, 0.05) is 11.1 Å². The maximum absolute atomic E-state index is 12.5. The van der Waals surface area contributed by atoms with Gasteiger partial charge >= 0.3 is 10.3 Å². The lowest BCUT2D eigenvalue weighted by molar-refractivity contribution is -0.143. The maximum atomic E-state index is 12.5. The molecule has 13 nitrogen and oxygen atoms in total. The molecule has 0 aliphatic carbocycles. The summed E-state index contributed by atoms with van der Waals surface area (Å²) in [6.45, 7) is 0. The minimum absolute atomic E-state index is 0.0818. The van der Waals surface area contributed by atoms with Gasteiger partial charge < -0.3 is 21.6 Å². The first-order chi connectivity index (χ1) is 12.6. The average Bonchev–Trinajstić information content (AvgIpc) is 2.98. The minimum atomic E-state index is -4.88. The van der Waals surface area contributed by atoms with Gasteiger partial charge in [0.1, 0.15) is 18.8 Å². The van der Waals surface area contributed by atoms with E-state index >= 15 is 0 Å². The Hall–Kier alpha value is -2.43. The molecule has 16 heteroatoms. The first-order valence-corrected chi connectivity index (χ1v) is 10.2. The highest BCUT2D eigenvalue weighted by molar-refractivity contribution is 8.13. The van der Waals surface area contributed by atoms with Gasteiger partial charge in [-0.05, 0) is 0 Å². The predicted octanol–water partition coefficient (Wildman–Crippen LogP) is -1.61. The third-order valence-electron chi connectivity index (χ3n) is 3.26. The van der Waals surface area contributed by atoms with Crippen molar-refractivity contribution in [2.45, 2.75) is 12.1 Å². The van der Waals surface area contributed by atoms with E-state index < -0.39 is 39.4 Å². The Morgan fingerprint density at radius 3 is 2.70 bits per heavy atom. The third-order valence-corrected chi connectivity index (χ3v) is 5.68. The Balaban J connectivity index is 2.22. The van der Waals surface area contributed by atoms with Gasteiger partial charge in [-0.1, -0.05) is 16.9 Å². The number of nitrogens with one attached hydrogen (secondary N) is 1. The number of β-lactam (4-membered cyclic amide) rings is 1. The van der Waals surface area contributed by atoms with Crippen LogP contribution in [0.1, 0.15) is 5.69 Å². The summed E-state index contributed by atoms with van der Waals surface area (Å²) >= 11 is 1.56. The van der Waals surface area contributed by atoms with Gasteiger partial charge in [-0.25, -0.2) is 9.29 Å². The molecule has 2 heterocycles. The number of nitrogens with zero attached hydrogens (tertiary/aromatic N) is 3. The van der Waals surface area contributed by atoms with Crippen molar-refractivity contribution in [2.75, 3.05) is 18.6 Å². The van der Waals surface area contributed by atoms with E-state index in [0.29, 0.717) is 11.8 Å². The minimum Gasteiger partial charge on any atom is -0.398 e. The van der Waals surface area contributed by atoms with Crippen molar-refractivity contribution in [3.63, 3.8) is 0 Å². The highest BCUT2D eigenvalue weighted by Crippen LogP contribution is 2.27. The van der Waals surface area contributed by atoms with Crippen LogP contribution in [-0.2, 0) is 24.7 Å². The van der Waals surface area contributed by atoms with Gasteiger partial charge in [-0.2, -0.15) is 8.42 Å². The van der Waals surface area contributed by atoms with E-state index in [0.717, 1.165) is 11.3 Å². The van der Waals surface area contributed by atoms with Gasteiger partial charge in [0.2, 0.25) is 0 Å². The summed E-state index contributed by atoms with van der Waals surface area (Å²) in [6.07, 6.45) is 0. The van der Waals surface area contributed by atoms with E-state index in [1.54, 1.807) is 0 Å². The molecule has 1 fully saturated rings. The second-order valence-corrected chi connectivity index (χ2v) is 8.16. The Morgan fingerprint density at radius 1 is 1.56 bits per heavy atom. The number of rotatable bonds is 7. The van der Waals surface area contributed by atoms with Crippen LogP contribution in [0.4, 0.5) is 9.93 Å². The molecular formula is C11H14N6O7S3. The van der Waals surface area contributed by atoms with Crippen molar-refractivity contribution in [1.29, 1.82) is 0 Å². The van der Waals surface area contributed by atoms with Crippen LogP contribution in [0.2, 0.25) is 0 Å². The number of carbonyl (C=O) groups is 3. The summed E-state index contributed by atoms with van der Waals surface area (Å²) < 4.78 is 32.0. The smallest absolute Gasteiger partial charge is 0.362 e. The van der Waals surface area contributed by atoms with E-state index in [1.807, 2.05) is 0 Å². The van der Waals surface area contributed by atoms with E-state index in [9.17, 15) is 22.8 Å². The van der Waals surface area contributed by atoms with Gasteiger partial charge in [0.05, 0.1) is 6.04 Å². The van der Waals surface area contributed by atoms with Crippen molar-refractivity contribution in [1.82, 2.24) is 14.6 Å². The molecule has 0 radical (unpaired) electrons. The molecule has 1 aromatic heterocycles. The number of aromatic nitrogens is 1. The van der Waals surface area contributed by atoms with Crippen molar-refractivity contribution >= 4 is 61.3 Å². The van der Waals surface area contributed by atoms with Crippen LogP contribution in [0.3, 0.4) is 0 Å². The van der Waals surface area contributed by atoms with E-state index in [2.05, 4.69) is 20.3 Å². The molecular weight excluding hydrogens is 424 g/mol.